The van der Waals surface area contributed by atoms with E-state index in [0.29, 0.717) is 11.0 Å². The van der Waals surface area contributed by atoms with Gasteiger partial charge in [-0.25, -0.2) is 0 Å². The lowest BCUT2D eigenvalue weighted by Gasteiger charge is -2.24. The van der Waals surface area contributed by atoms with Crippen LogP contribution in [0.2, 0.25) is 0 Å². The quantitative estimate of drug-likeness (QED) is 0.860. The van der Waals surface area contributed by atoms with Gasteiger partial charge in [0.15, 0.2) is 0 Å². The van der Waals surface area contributed by atoms with Crippen LogP contribution >= 0.6 is 15.9 Å². The first-order valence-corrected chi connectivity index (χ1v) is 7.05. The lowest BCUT2D eigenvalue weighted by molar-refractivity contribution is -0.138. The maximum absolute atomic E-state index is 13.0. The fraction of sp³-hybridized carbons (Fsp3) is 0.462. The molecule has 0 unspecified atom stereocenters. The van der Waals surface area contributed by atoms with E-state index in [-0.39, 0.29) is 11.6 Å². The predicted molar refractivity (Wildman–Crippen MR) is 72.5 cm³/mol. The van der Waals surface area contributed by atoms with Crippen LogP contribution in [0.25, 0.3) is 0 Å². The summed E-state index contributed by atoms with van der Waals surface area (Å²) in [5.74, 6) is -0.682. The van der Waals surface area contributed by atoms with Crippen LogP contribution in [0.3, 0.4) is 0 Å². The van der Waals surface area contributed by atoms with E-state index in [9.17, 15) is 18.0 Å². The number of benzene rings is 1. The first-order valence-electron chi connectivity index (χ1n) is 6.26. The van der Waals surface area contributed by atoms with Gasteiger partial charge in [0.1, 0.15) is 0 Å². The van der Waals surface area contributed by atoms with Gasteiger partial charge >= 0.3 is 6.18 Å². The molecule has 1 atom stereocenters. The number of piperidine rings is 1. The topological polar surface area (TPSA) is 41.1 Å². The fourth-order valence-corrected chi connectivity index (χ4v) is 2.55. The average Bonchev–Trinajstić information content (AvgIpc) is 2.38. The van der Waals surface area contributed by atoms with E-state index in [4.69, 9.17) is 0 Å². The zero-order chi connectivity index (χ0) is 14.8. The molecule has 1 heterocycles. The number of alkyl halides is 3. The molecule has 1 fully saturated rings. The van der Waals surface area contributed by atoms with Crippen molar-refractivity contribution in [3.05, 3.63) is 33.8 Å². The summed E-state index contributed by atoms with van der Waals surface area (Å²) in [7, 11) is 0. The van der Waals surface area contributed by atoms with Crippen LogP contribution in [-0.4, -0.2) is 25.0 Å². The normalized spacial score (nSPS) is 19.7. The van der Waals surface area contributed by atoms with E-state index in [2.05, 4.69) is 26.6 Å². The minimum absolute atomic E-state index is 0.124. The van der Waals surface area contributed by atoms with E-state index >= 15 is 0 Å². The van der Waals surface area contributed by atoms with Crippen LogP contribution < -0.4 is 10.6 Å². The Morgan fingerprint density at radius 2 is 2.15 bits per heavy atom. The number of rotatable bonds is 2. The minimum atomic E-state index is -4.55. The van der Waals surface area contributed by atoms with E-state index in [1.165, 1.54) is 12.1 Å². The molecule has 1 amide bonds. The highest BCUT2D eigenvalue weighted by Crippen LogP contribution is 2.33. The van der Waals surface area contributed by atoms with E-state index in [1.807, 2.05) is 0 Å². The third kappa shape index (κ3) is 3.73. The van der Waals surface area contributed by atoms with Gasteiger partial charge in [-0.05, 0) is 37.6 Å². The Labute approximate surface area is 123 Å². The fourth-order valence-electron chi connectivity index (χ4n) is 2.19. The smallest absolute Gasteiger partial charge is 0.348 e. The highest BCUT2D eigenvalue weighted by atomic mass is 79.9. The van der Waals surface area contributed by atoms with E-state index < -0.39 is 17.6 Å². The van der Waals surface area contributed by atoms with Gasteiger partial charge in [0.05, 0.1) is 11.1 Å². The Kier molecular flexibility index (Phi) is 4.70. The molecule has 2 rings (SSSR count). The second-order valence-corrected chi connectivity index (χ2v) is 5.62. The number of amides is 1. The van der Waals surface area contributed by atoms with E-state index in [0.717, 1.165) is 25.5 Å². The Hall–Kier alpha value is -1.08. The van der Waals surface area contributed by atoms with Crippen LogP contribution in [0.5, 0.6) is 0 Å². The molecular weight excluding hydrogens is 337 g/mol. The Balaban J connectivity index is 2.20. The van der Waals surface area contributed by atoms with Crippen molar-refractivity contribution < 1.29 is 18.0 Å². The summed E-state index contributed by atoms with van der Waals surface area (Å²) in [5.41, 5.74) is -1.26. The molecule has 1 aliphatic rings. The van der Waals surface area contributed by atoms with Gasteiger partial charge < -0.3 is 10.6 Å². The van der Waals surface area contributed by atoms with Crippen LogP contribution in [0.1, 0.15) is 28.8 Å². The lowest BCUT2D eigenvalue weighted by atomic mass is 10.0. The standard InChI is InChI=1S/C13H14BrF3N2O/c14-8-3-4-10(11(6-8)13(15,16)17)12(20)19-9-2-1-5-18-7-9/h3-4,6,9,18H,1-2,5,7H2,(H,19,20)/t9-/m0/s1. The van der Waals surface area contributed by atoms with Crippen molar-refractivity contribution in [2.24, 2.45) is 0 Å². The summed E-state index contributed by atoms with van der Waals surface area (Å²) in [6, 6.07) is 3.43. The molecule has 110 valence electrons. The molecule has 0 saturated carbocycles. The zero-order valence-electron chi connectivity index (χ0n) is 10.6. The summed E-state index contributed by atoms with van der Waals surface area (Å²) < 4.78 is 39.2. The third-order valence-electron chi connectivity index (χ3n) is 3.16. The predicted octanol–water partition coefficient (Wildman–Crippen LogP) is 2.95. The second kappa shape index (κ2) is 6.13. The Morgan fingerprint density at radius 3 is 2.75 bits per heavy atom. The Bertz CT molecular complexity index is 499. The number of hydrogen-bond donors (Lipinski definition) is 2. The monoisotopic (exact) mass is 350 g/mol. The SMILES string of the molecule is O=C(N[C@H]1CCCNC1)c1ccc(Br)cc1C(F)(F)F. The number of carbonyl (C=O) groups excluding carboxylic acids is 1. The maximum Gasteiger partial charge on any atom is 0.417 e. The number of nitrogens with one attached hydrogen (secondary N) is 2. The molecule has 0 bridgehead atoms. The van der Waals surface area contributed by atoms with Crippen LogP contribution in [0.4, 0.5) is 13.2 Å². The van der Waals surface area contributed by atoms with Crippen molar-refractivity contribution in [1.29, 1.82) is 0 Å². The molecule has 0 aliphatic carbocycles. The molecule has 1 aromatic carbocycles. The second-order valence-electron chi connectivity index (χ2n) is 4.70. The van der Waals surface area contributed by atoms with Gasteiger partial charge in [-0.1, -0.05) is 15.9 Å². The highest BCUT2D eigenvalue weighted by Gasteiger charge is 2.35. The Morgan fingerprint density at radius 1 is 1.40 bits per heavy atom. The molecule has 2 N–H and O–H groups in total. The first kappa shape index (κ1) is 15.3. The summed E-state index contributed by atoms with van der Waals surface area (Å²) in [6.45, 7) is 1.46. The summed E-state index contributed by atoms with van der Waals surface area (Å²) >= 11 is 2.99. The molecule has 1 aliphatic heterocycles. The molecule has 7 heteroatoms. The lowest BCUT2D eigenvalue weighted by Crippen LogP contribution is -2.45. The van der Waals surface area contributed by atoms with Gasteiger partial charge in [0, 0.05) is 17.1 Å². The summed E-state index contributed by atoms with van der Waals surface area (Å²) in [6.07, 6.45) is -2.88. The first-order chi connectivity index (χ1) is 9.38. The molecule has 0 spiro atoms. The average molecular weight is 351 g/mol. The molecule has 20 heavy (non-hydrogen) atoms. The van der Waals surface area contributed by atoms with Crippen molar-refractivity contribution in [3.63, 3.8) is 0 Å². The maximum atomic E-state index is 13.0. The molecule has 3 nitrogen and oxygen atoms in total. The summed E-state index contributed by atoms with van der Waals surface area (Å²) in [5, 5.41) is 5.75. The van der Waals surface area contributed by atoms with Gasteiger partial charge in [-0.3, -0.25) is 4.79 Å². The zero-order valence-corrected chi connectivity index (χ0v) is 12.1. The molecule has 1 aromatic rings. The van der Waals surface area contributed by atoms with Crippen LogP contribution in [0.15, 0.2) is 22.7 Å². The largest absolute Gasteiger partial charge is 0.417 e. The molecule has 0 radical (unpaired) electrons. The highest BCUT2D eigenvalue weighted by molar-refractivity contribution is 9.10. The van der Waals surface area contributed by atoms with Crippen molar-refractivity contribution in [1.82, 2.24) is 10.6 Å². The van der Waals surface area contributed by atoms with Crippen molar-refractivity contribution in [3.8, 4) is 0 Å². The number of carbonyl (C=O) groups is 1. The molecule has 1 saturated heterocycles. The third-order valence-corrected chi connectivity index (χ3v) is 3.66. The number of halogens is 4. The van der Waals surface area contributed by atoms with Crippen molar-refractivity contribution >= 4 is 21.8 Å². The minimum Gasteiger partial charge on any atom is -0.348 e. The molecule has 0 aromatic heterocycles. The van der Waals surface area contributed by atoms with Gasteiger partial charge in [0.25, 0.3) is 5.91 Å². The van der Waals surface area contributed by atoms with E-state index in [1.54, 1.807) is 0 Å². The van der Waals surface area contributed by atoms with Crippen LogP contribution in [0, 0.1) is 0 Å². The number of hydrogen-bond acceptors (Lipinski definition) is 2. The van der Waals surface area contributed by atoms with Crippen molar-refractivity contribution in [2.75, 3.05) is 13.1 Å². The van der Waals surface area contributed by atoms with Gasteiger partial charge in [-0.2, -0.15) is 13.2 Å². The summed E-state index contributed by atoms with van der Waals surface area (Å²) in [4.78, 5) is 12.0. The van der Waals surface area contributed by atoms with Gasteiger partial charge in [0.2, 0.25) is 0 Å². The van der Waals surface area contributed by atoms with Crippen molar-refractivity contribution in [2.45, 2.75) is 25.1 Å². The molecular formula is C13H14BrF3N2O. The van der Waals surface area contributed by atoms with Crippen LogP contribution in [-0.2, 0) is 6.18 Å². The van der Waals surface area contributed by atoms with Gasteiger partial charge in [-0.15, -0.1) is 0 Å².